The van der Waals surface area contributed by atoms with Crippen LogP contribution in [0.2, 0.25) is 0 Å². The molecule has 3 nitrogen and oxygen atoms in total. The first-order valence-corrected chi connectivity index (χ1v) is 3.18. The van der Waals surface area contributed by atoms with Gasteiger partial charge in [-0.1, -0.05) is 12.7 Å². The Morgan fingerprint density at radius 3 is 2.27 bits per heavy atom. The second-order valence-electron chi connectivity index (χ2n) is 1.97. The Bertz CT molecular complexity index is 216. The van der Waals surface area contributed by atoms with Crippen LogP contribution in [0, 0.1) is 0 Å². The number of likely N-dealkylation sites (N-methyl/N-ethyl adjacent to an activating group) is 1. The fraction of sp³-hybridized carbons (Fsp3) is 0.250. The van der Waals surface area contributed by atoms with Crippen molar-refractivity contribution in [2.45, 2.75) is 6.92 Å². The van der Waals surface area contributed by atoms with E-state index in [1.54, 1.807) is 0 Å². The van der Waals surface area contributed by atoms with Gasteiger partial charge in [-0.05, 0) is 6.92 Å². The minimum atomic E-state index is -0.296. The smallest absolute Gasteiger partial charge is 0.244 e. The van der Waals surface area contributed by atoms with Gasteiger partial charge in [-0.3, -0.25) is 9.59 Å². The van der Waals surface area contributed by atoms with Gasteiger partial charge >= 0.3 is 0 Å². The van der Waals surface area contributed by atoms with Gasteiger partial charge < -0.3 is 5.32 Å². The maximum absolute atomic E-state index is 10.7. The zero-order valence-corrected chi connectivity index (χ0v) is 6.68. The van der Waals surface area contributed by atoms with Crippen molar-refractivity contribution in [2.75, 3.05) is 7.05 Å². The summed E-state index contributed by atoms with van der Waals surface area (Å²) in [6.07, 6.45) is 2.58. The third kappa shape index (κ3) is 3.35. The summed E-state index contributed by atoms with van der Waals surface area (Å²) in [4.78, 5) is 21.4. The minimum absolute atomic E-state index is 0.163. The molecular formula is C8H11NO2. The predicted molar refractivity (Wildman–Crippen MR) is 43.0 cm³/mol. The van der Waals surface area contributed by atoms with E-state index in [9.17, 15) is 9.59 Å². The summed E-state index contributed by atoms with van der Waals surface area (Å²) in [6.45, 7) is 4.79. The van der Waals surface area contributed by atoms with Gasteiger partial charge in [0.15, 0.2) is 5.78 Å². The zero-order chi connectivity index (χ0) is 8.85. The summed E-state index contributed by atoms with van der Waals surface area (Å²) < 4.78 is 0. The molecule has 0 aliphatic heterocycles. The lowest BCUT2D eigenvalue weighted by Gasteiger charge is -1.94. The van der Waals surface area contributed by atoms with Gasteiger partial charge in [0, 0.05) is 18.7 Å². The van der Waals surface area contributed by atoms with Crippen molar-refractivity contribution in [3.05, 3.63) is 24.3 Å². The lowest BCUT2D eigenvalue weighted by atomic mass is 10.2. The van der Waals surface area contributed by atoms with E-state index in [1.807, 2.05) is 0 Å². The number of ketones is 1. The molecular weight excluding hydrogens is 142 g/mol. The average molecular weight is 153 g/mol. The molecule has 1 amide bonds. The van der Waals surface area contributed by atoms with Crippen LogP contribution in [0.3, 0.4) is 0 Å². The monoisotopic (exact) mass is 153 g/mol. The maximum Gasteiger partial charge on any atom is 0.244 e. The first-order valence-electron chi connectivity index (χ1n) is 3.18. The van der Waals surface area contributed by atoms with E-state index in [1.165, 1.54) is 26.1 Å². The molecule has 0 aliphatic carbocycles. The molecule has 0 unspecified atom stereocenters. The molecule has 11 heavy (non-hydrogen) atoms. The Hall–Kier alpha value is -1.38. The number of hydrogen-bond donors (Lipinski definition) is 1. The Morgan fingerprint density at radius 1 is 1.45 bits per heavy atom. The zero-order valence-electron chi connectivity index (χ0n) is 6.68. The molecule has 0 atom stereocenters. The number of carbonyl (C=O) groups is 2. The van der Waals surface area contributed by atoms with Crippen LogP contribution in [0.15, 0.2) is 24.3 Å². The molecule has 1 N–H and O–H groups in total. The Kier molecular flexibility index (Phi) is 3.88. The van der Waals surface area contributed by atoms with Gasteiger partial charge in [0.1, 0.15) is 0 Å². The number of rotatable bonds is 3. The summed E-state index contributed by atoms with van der Waals surface area (Å²) in [7, 11) is 1.50. The maximum atomic E-state index is 10.7. The van der Waals surface area contributed by atoms with Crippen molar-refractivity contribution in [3.8, 4) is 0 Å². The second kappa shape index (κ2) is 4.44. The highest BCUT2D eigenvalue weighted by Crippen LogP contribution is 1.95. The van der Waals surface area contributed by atoms with E-state index in [0.717, 1.165) is 0 Å². The lowest BCUT2D eigenvalue weighted by Crippen LogP contribution is -2.15. The first kappa shape index (κ1) is 9.62. The third-order valence-electron chi connectivity index (χ3n) is 1.16. The Labute approximate surface area is 65.8 Å². The molecule has 0 fully saturated rings. The van der Waals surface area contributed by atoms with Gasteiger partial charge in [-0.25, -0.2) is 0 Å². The number of Topliss-reactive ketones (excluding diaryl/α,β-unsaturated/α-hetero) is 1. The van der Waals surface area contributed by atoms with Crippen LogP contribution in [0.4, 0.5) is 0 Å². The lowest BCUT2D eigenvalue weighted by molar-refractivity contribution is -0.117. The van der Waals surface area contributed by atoms with Crippen LogP contribution in [0.25, 0.3) is 0 Å². The fourth-order valence-electron chi connectivity index (χ4n) is 0.518. The number of carbonyl (C=O) groups excluding carboxylic acids is 2. The van der Waals surface area contributed by atoms with Gasteiger partial charge in [0.2, 0.25) is 5.91 Å². The van der Waals surface area contributed by atoms with Crippen molar-refractivity contribution >= 4 is 11.7 Å². The molecule has 3 heteroatoms. The van der Waals surface area contributed by atoms with Crippen molar-refractivity contribution in [3.63, 3.8) is 0 Å². The van der Waals surface area contributed by atoms with E-state index in [2.05, 4.69) is 11.9 Å². The molecule has 0 heterocycles. The van der Waals surface area contributed by atoms with Crippen LogP contribution in [-0.2, 0) is 9.59 Å². The normalized spacial score (nSPS) is 10.5. The Balaban J connectivity index is 4.48. The van der Waals surface area contributed by atoms with Crippen LogP contribution in [-0.4, -0.2) is 18.7 Å². The quantitative estimate of drug-likeness (QED) is 0.472. The molecule has 0 aromatic heterocycles. The molecule has 0 aromatic carbocycles. The molecule has 0 rings (SSSR count). The van der Waals surface area contributed by atoms with Gasteiger partial charge in [-0.15, -0.1) is 0 Å². The largest absolute Gasteiger partial charge is 0.356 e. The van der Waals surface area contributed by atoms with Crippen LogP contribution in [0.1, 0.15) is 6.92 Å². The molecule has 0 radical (unpaired) electrons. The highest BCUT2D eigenvalue weighted by Gasteiger charge is 2.00. The van der Waals surface area contributed by atoms with E-state index < -0.39 is 0 Å². The highest BCUT2D eigenvalue weighted by atomic mass is 16.1. The van der Waals surface area contributed by atoms with Crippen LogP contribution in [0.5, 0.6) is 0 Å². The highest BCUT2D eigenvalue weighted by molar-refractivity contribution is 6.02. The summed E-state index contributed by atoms with van der Waals surface area (Å²) in [6, 6.07) is 0. The molecule has 0 aliphatic rings. The van der Waals surface area contributed by atoms with E-state index >= 15 is 0 Å². The van der Waals surface area contributed by atoms with Crippen molar-refractivity contribution < 1.29 is 9.59 Å². The molecule has 0 aromatic rings. The number of nitrogens with one attached hydrogen (secondary N) is 1. The van der Waals surface area contributed by atoms with E-state index in [-0.39, 0.29) is 11.7 Å². The summed E-state index contributed by atoms with van der Waals surface area (Å²) in [5.74, 6) is -0.460. The van der Waals surface area contributed by atoms with Gasteiger partial charge in [-0.2, -0.15) is 0 Å². The van der Waals surface area contributed by atoms with Gasteiger partial charge in [0.25, 0.3) is 0 Å². The standard InChI is InChI=1S/C8H11NO2/c1-4-7(6(2)10)5-8(11)9-3/h4-5H,1H2,2-3H3,(H,9,11)/b7-5+. The number of amides is 1. The molecule has 0 bridgehead atoms. The molecule has 0 spiro atoms. The third-order valence-corrected chi connectivity index (χ3v) is 1.16. The first-order chi connectivity index (χ1) is 5.11. The number of hydrogen-bond acceptors (Lipinski definition) is 2. The van der Waals surface area contributed by atoms with Gasteiger partial charge in [0.05, 0.1) is 0 Å². The van der Waals surface area contributed by atoms with Crippen molar-refractivity contribution in [2.24, 2.45) is 0 Å². The van der Waals surface area contributed by atoms with E-state index in [4.69, 9.17) is 0 Å². The SMILES string of the molecule is C=C/C(=C\C(=O)NC)C(C)=O. The fourth-order valence-corrected chi connectivity index (χ4v) is 0.518. The second-order valence-corrected chi connectivity index (χ2v) is 1.97. The average Bonchev–Trinajstić information content (AvgIpc) is 1.99. The molecule has 0 saturated heterocycles. The van der Waals surface area contributed by atoms with E-state index in [0.29, 0.717) is 5.57 Å². The van der Waals surface area contributed by atoms with Crippen LogP contribution >= 0.6 is 0 Å². The predicted octanol–water partition coefficient (Wildman–Crippen LogP) is 0.434. The minimum Gasteiger partial charge on any atom is -0.356 e. The van der Waals surface area contributed by atoms with Crippen molar-refractivity contribution in [1.82, 2.24) is 5.32 Å². The Morgan fingerprint density at radius 2 is 2.00 bits per heavy atom. The summed E-state index contributed by atoms with van der Waals surface area (Å²) in [5, 5.41) is 2.37. The molecule has 0 saturated carbocycles. The topological polar surface area (TPSA) is 46.2 Å². The summed E-state index contributed by atoms with van der Waals surface area (Å²) in [5.41, 5.74) is 0.323. The summed E-state index contributed by atoms with van der Waals surface area (Å²) >= 11 is 0. The number of allylic oxidation sites excluding steroid dienone is 2. The van der Waals surface area contributed by atoms with Crippen molar-refractivity contribution in [1.29, 1.82) is 0 Å². The molecule has 60 valence electrons. The van der Waals surface area contributed by atoms with Crippen LogP contribution < -0.4 is 5.32 Å².